The third-order valence-corrected chi connectivity index (χ3v) is 14.2. The molecule has 3 heterocycles. The molecule has 0 saturated carbocycles. The highest BCUT2D eigenvalue weighted by atomic mass is 32.2. The van der Waals surface area contributed by atoms with E-state index in [-0.39, 0.29) is 5.41 Å². The van der Waals surface area contributed by atoms with Crippen molar-refractivity contribution in [2.75, 3.05) is 0 Å². The van der Waals surface area contributed by atoms with Crippen molar-refractivity contribution >= 4 is 33.9 Å². The van der Waals surface area contributed by atoms with E-state index in [9.17, 15) is 0 Å². The summed E-state index contributed by atoms with van der Waals surface area (Å²) >= 11 is 2.61. The van der Waals surface area contributed by atoms with Gasteiger partial charge in [-0.1, -0.05) is 158 Å². The Balaban J connectivity index is 1.36. The van der Waals surface area contributed by atoms with Crippen molar-refractivity contribution in [3.05, 3.63) is 111 Å². The second-order valence-corrected chi connectivity index (χ2v) is 17.3. The maximum Gasteiger partial charge on any atom is 0.107 e. The van der Waals surface area contributed by atoms with Crippen molar-refractivity contribution in [2.45, 2.75) is 113 Å². The van der Waals surface area contributed by atoms with Crippen LogP contribution in [0.4, 0.5) is 0 Å². The van der Waals surface area contributed by atoms with Gasteiger partial charge < -0.3 is 0 Å². The number of unbranched alkanes of at least 4 members (excludes halogenated alkanes) is 10. The number of nitrogens with zero attached hydrogens (tertiary/aromatic N) is 2. The van der Waals surface area contributed by atoms with Gasteiger partial charge in [0.2, 0.25) is 0 Å². The third kappa shape index (κ3) is 6.63. The van der Waals surface area contributed by atoms with Gasteiger partial charge in [0.15, 0.2) is 0 Å². The van der Waals surface area contributed by atoms with Gasteiger partial charge in [0, 0.05) is 21.4 Å². The Morgan fingerprint density at radius 3 is 1.77 bits per heavy atom. The molecule has 48 heavy (non-hydrogen) atoms. The fraction of sp³-hybridized carbons (Fsp3) is 0.395. The molecule has 2 nitrogen and oxygen atoms in total. The lowest BCUT2D eigenvalue weighted by Gasteiger charge is -2.34. The number of thiophene rings is 2. The smallest absolute Gasteiger partial charge is 0.107 e. The zero-order valence-corrected chi connectivity index (χ0v) is 31.2. The van der Waals surface area contributed by atoms with Gasteiger partial charge in [0.25, 0.3) is 0 Å². The van der Waals surface area contributed by atoms with E-state index in [2.05, 4.69) is 103 Å². The average molecular weight is 691 g/mol. The predicted octanol–water partition coefficient (Wildman–Crippen LogP) is 13.1. The van der Waals surface area contributed by atoms with Gasteiger partial charge in [-0.3, -0.25) is 0 Å². The summed E-state index contributed by atoms with van der Waals surface area (Å²) in [4.78, 5) is 1.27. The van der Waals surface area contributed by atoms with Crippen molar-refractivity contribution in [3.8, 4) is 32.7 Å². The number of hydrogen-bond donors (Lipinski definition) is 1. The van der Waals surface area contributed by atoms with Crippen LogP contribution in [0.25, 0.3) is 32.7 Å². The highest BCUT2D eigenvalue weighted by Gasteiger charge is 2.44. The molecule has 5 heteroatoms. The van der Waals surface area contributed by atoms with Gasteiger partial charge in [-0.25, -0.2) is 8.80 Å². The molecule has 250 valence electrons. The normalized spacial score (nSPS) is 16.2. The van der Waals surface area contributed by atoms with Crippen molar-refractivity contribution in [2.24, 2.45) is 8.80 Å². The molecule has 1 aliphatic carbocycles. The molecule has 7 rings (SSSR count). The molecule has 0 N–H and O–H groups in total. The Bertz CT molecular complexity index is 1910. The zero-order valence-electron chi connectivity index (χ0n) is 28.7. The van der Waals surface area contributed by atoms with Crippen molar-refractivity contribution < 1.29 is 0 Å². The van der Waals surface area contributed by atoms with E-state index in [0.717, 1.165) is 10.7 Å². The molecule has 0 bridgehead atoms. The highest BCUT2D eigenvalue weighted by Crippen LogP contribution is 2.57. The van der Waals surface area contributed by atoms with Crippen LogP contribution in [0.3, 0.4) is 0 Å². The summed E-state index contributed by atoms with van der Waals surface area (Å²) in [5.74, 6) is 0. The van der Waals surface area contributed by atoms with Gasteiger partial charge in [-0.2, -0.15) is 0 Å². The second-order valence-electron chi connectivity index (χ2n) is 13.7. The van der Waals surface area contributed by atoms with Gasteiger partial charge >= 0.3 is 0 Å². The fourth-order valence-electron chi connectivity index (χ4n) is 8.17. The minimum absolute atomic E-state index is 0.0194. The average Bonchev–Trinajstić information content (AvgIpc) is 3.95. The lowest BCUT2D eigenvalue weighted by Crippen LogP contribution is -2.29. The molecule has 3 aromatic carbocycles. The van der Waals surface area contributed by atoms with Crippen LogP contribution in [-0.2, 0) is 5.41 Å². The van der Waals surface area contributed by atoms with Gasteiger partial charge in [-0.15, -0.1) is 22.7 Å². The van der Waals surface area contributed by atoms with E-state index in [1.54, 1.807) is 33.8 Å². The molecule has 2 aromatic heterocycles. The maximum absolute atomic E-state index is 5.48. The van der Waals surface area contributed by atoms with Crippen LogP contribution in [0.2, 0.25) is 0 Å². The van der Waals surface area contributed by atoms with E-state index in [1.807, 2.05) is 0 Å². The molecule has 5 aromatic rings. The number of benzene rings is 3. The summed E-state index contributed by atoms with van der Waals surface area (Å²) < 4.78 is 12.1. The van der Waals surface area contributed by atoms with E-state index in [0.29, 0.717) is 0 Å². The van der Waals surface area contributed by atoms with Crippen LogP contribution in [0.1, 0.15) is 115 Å². The molecule has 1 aliphatic heterocycles. The minimum Gasteiger partial charge on any atom is -0.212 e. The third-order valence-electron chi connectivity index (χ3n) is 10.5. The van der Waals surface area contributed by atoms with Crippen molar-refractivity contribution in [1.82, 2.24) is 0 Å². The highest BCUT2D eigenvalue weighted by molar-refractivity contribution is 8.16. The second kappa shape index (κ2) is 15.7. The Labute approximate surface area is 298 Å². The Hall–Kier alpha value is -2.99. The first kappa shape index (κ1) is 33.5. The summed E-state index contributed by atoms with van der Waals surface area (Å²) in [5, 5.41) is 6.51. The Kier molecular flexibility index (Phi) is 11.0. The maximum atomic E-state index is 5.48. The summed E-state index contributed by atoms with van der Waals surface area (Å²) in [6.07, 6.45) is 18.4. The van der Waals surface area contributed by atoms with Crippen molar-refractivity contribution in [3.63, 3.8) is 0 Å². The lowest BCUT2D eigenvalue weighted by molar-refractivity contribution is 0.398. The quantitative estimate of drug-likeness (QED) is 0.0742. The molecular formula is C43H50N2S3. The number of thiol groups is 1. The molecule has 2 aliphatic rings. The molecular weight excluding hydrogens is 641 g/mol. The first-order valence-electron chi connectivity index (χ1n) is 18.5. The monoisotopic (exact) mass is 690 g/mol. The largest absolute Gasteiger partial charge is 0.212 e. The molecule has 0 saturated heterocycles. The molecule has 0 amide bonds. The first-order chi connectivity index (χ1) is 23.7. The van der Waals surface area contributed by atoms with Crippen LogP contribution in [0.5, 0.6) is 0 Å². The van der Waals surface area contributed by atoms with Crippen LogP contribution in [0.15, 0.2) is 103 Å². The van der Waals surface area contributed by atoms with Crippen LogP contribution in [0, 0.1) is 0 Å². The SMILES string of the molecule is CCCCCCCCC1(CCCCCCCC)c2ccccc2-c2cccc(-c3ccc(-c4cccs4)c4c3=N[SH](c3cccs3)N=4)c21. The Morgan fingerprint density at radius 1 is 0.521 bits per heavy atom. The minimum atomic E-state index is -0.966. The molecule has 0 fully saturated rings. The van der Waals surface area contributed by atoms with Crippen LogP contribution in [-0.4, -0.2) is 0 Å². The topological polar surface area (TPSA) is 24.7 Å². The van der Waals surface area contributed by atoms with E-state index in [1.165, 1.54) is 127 Å². The van der Waals surface area contributed by atoms with E-state index in [4.69, 9.17) is 8.80 Å². The van der Waals surface area contributed by atoms with Crippen molar-refractivity contribution in [1.29, 1.82) is 0 Å². The lowest BCUT2D eigenvalue weighted by atomic mass is 9.68. The Morgan fingerprint density at radius 2 is 1.10 bits per heavy atom. The van der Waals surface area contributed by atoms with E-state index >= 15 is 0 Å². The zero-order chi connectivity index (χ0) is 32.8. The number of fused-ring (bicyclic) bond motifs is 4. The first-order valence-corrected chi connectivity index (χ1v) is 21.5. The molecule has 0 spiro atoms. The molecule has 1 atom stereocenters. The molecule has 0 radical (unpaired) electrons. The summed E-state index contributed by atoms with van der Waals surface area (Å²) in [5.41, 5.74) is 9.87. The summed E-state index contributed by atoms with van der Waals surface area (Å²) in [6.45, 7) is 4.63. The summed E-state index contributed by atoms with van der Waals surface area (Å²) in [6, 6.07) is 29.9. The summed E-state index contributed by atoms with van der Waals surface area (Å²) in [7, 11) is 0. The number of hydrogen-bond acceptors (Lipinski definition) is 4. The van der Waals surface area contributed by atoms with Gasteiger partial charge in [0.1, 0.15) is 10.7 Å². The fourth-order valence-corrected chi connectivity index (χ4v) is 11.4. The van der Waals surface area contributed by atoms with Crippen LogP contribution >= 0.6 is 33.9 Å². The van der Waals surface area contributed by atoms with Gasteiger partial charge in [0.05, 0.1) is 4.21 Å². The predicted molar refractivity (Wildman–Crippen MR) is 211 cm³/mol. The standard InChI is InChI=1S/C43H50N2S3/c1-3-5-7-9-11-15-28-43(29-16-12-10-8-6-4-2)37-23-14-13-20-32(37)33-21-17-22-34(40(33)43)35-26-27-36(38-24-18-30-46-38)42-41(35)44-48(45-42)39-25-19-31-47-39/h13-14,17-27,30-31,48H,3-12,15-16,28-29H2,1-2H3. The van der Waals surface area contributed by atoms with Gasteiger partial charge in [-0.05, 0) is 74.8 Å². The molecule has 1 unspecified atom stereocenters. The van der Waals surface area contributed by atoms with Crippen LogP contribution < -0.4 is 10.7 Å². The number of rotatable bonds is 17. The van der Waals surface area contributed by atoms with E-state index < -0.39 is 11.3 Å².